The largest absolute Gasteiger partial charge is 0.389 e. The van der Waals surface area contributed by atoms with Gasteiger partial charge in [-0.2, -0.15) is 0 Å². The summed E-state index contributed by atoms with van der Waals surface area (Å²) in [6.07, 6.45) is 11.8. The molecule has 0 heterocycles. The number of allylic oxidation sites excluding steroid dienone is 2. The van der Waals surface area contributed by atoms with Crippen LogP contribution in [-0.2, 0) is 0 Å². The van der Waals surface area contributed by atoms with Crippen molar-refractivity contribution in [2.75, 3.05) is 0 Å². The van der Waals surface area contributed by atoms with E-state index in [1.165, 1.54) is 6.42 Å². The van der Waals surface area contributed by atoms with Crippen LogP contribution in [0.1, 0.15) is 32.1 Å². The number of hydrogen-bond acceptors (Lipinski definition) is 2. The fraction of sp³-hybridized carbons (Fsp3) is 0.652. The molecule has 5 saturated carbocycles. The van der Waals surface area contributed by atoms with Gasteiger partial charge in [0.05, 0.1) is 11.2 Å². The number of fused-ring (bicyclic) bond motifs is 2. The van der Waals surface area contributed by atoms with E-state index in [2.05, 4.69) is 26.3 Å². The fourth-order valence-corrected chi connectivity index (χ4v) is 9.94. The third-order valence-corrected chi connectivity index (χ3v) is 9.56. The van der Waals surface area contributed by atoms with Gasteiger partial charge in [0.1, 0.15) is 0 Å². The molecule has 0 saturated heterocycles. The first kappa shape index (κ1) is 16.1. The summed E-state index contributed by atoms with van der Waals surface area (Å²) in [6.45, 7) is 16.0. The van der Waals surface area contributed by atoms with Crippen LogP contribution in [0, 0.1) is 46.3 Å². The second-order valence-corrected chi connectivity index (χ2v) is 9.46. The lowest BCUT2D eigenvalue weighted by molar-refractivity contribution is -0.291. The maximum absolute atomic E-state index is 12.1. The molecule has 0 aliphatic heterocycles. The number of rotatable bonds is 8. The Bertz CT molecular complexity index is 682. The molecular formula is C23H30O2. The van der Waals surface area contributed by atoms with Gasteiger partial charge in [-0.25, -0.2) is 0 Å². The van der Waals surface area contributed by atoms with Crippen molar-refractivity contribution in [3.05, 3.63) is 50.6 Å². The Hall–Kier alpha value is -1.12. The van der Waals surface area contributed by atoms with Gasteiger partial charge in [-0.05, 0) is 55.8 Å². The van der Waals surface area contributed by atoms with E-state index < -0.39 is 11.2 Å². The lowest BCUT2D eigenvalue weighted by atomic mass is 9.38. The predicted octanol–water partition coefficient (Wildman–Crippen LogP) is 3.88. The van der Waals surface area contributed by atoms with Gasteiger partial charge in [-0.1, -0.05) is 24.3 Å². The molecule has 0 aromatic rings. The van der Waals surface area contributed by atoms with Crippen molar-refractivity contribution >= 4 is 0 Å². The van der Waals surface area contributed by atoms with E-state index in [0.717, 1.165) is 12.8 Å². The van der Waals surface area contributed by atoms with E-state index in [-0.39, 0.29) is 22.7 Å². The molecule has 10 unspecified atom stereocenters. The van der Waals surface area contributed by atoms with Gasteiger partial charge in [-0.15, -0.1) is 26.3 Å². The van der Waals surface area contributed by atoms with Gasteiger partial charge in [-0.3, -0.25) is 0 Å². The van der Waals surface area contributed by atoms with E-state index in [1.54, 1.807) is 0 Å². The maximum atomic E-state index is 12.1. The molecule has 2 bridgehead atoms. The summed E-state index contributed by atoms with van der Waals surface area (Å²) in [5.41, 5.74) is -1.99. The summed E-state index contributed by atoms with van der Waals surface area (Å²) in [4.78, 5) is 0. The Morgan fingerprint density at radius 1 is 0.760 bits per heavy atom. The molecule has 5 aliphatic rings. The molecule has 5 aliphatic carbocycles. The highest BCUT2D eigenvalue weighted by Crippen LogP contribution is 2.97. The summed E-state index contributed by atoms with van der Waals surface area (Å²) in [7, 11) is 0. The van der Waals surface area contributed by atoms with Crippen molar-refractivity contribution in [2.45, 2.75) is 43.3 Å². The van der Waals surface area contributed by atoms with E-state index in [9.17, 15) is 10.2 Å². The van der Waals surface area contributed by atoms with Crippen LogP contribution in [-0.4, -0.2) is 21.4 Å². The van der Waals surface area contributed by atoms with Crippen molar-refractivity contribution in [3.8, 4) is 0 Å². The highest BCUT2D eigenvalue weighted by Gasteiger charge is 2.98. The van der Waals surface area contributed by atoms with Gasteiger partial charge in [0.2, 0.25) is 0 Å². The molecule has 5 rings (SSSR count). The van der Waals surface area contributed by atoms with Crippen molar-refractivity contribution in [1.29, 1.82) is 0 Å². The van der Waals surface area contributed by atoms with E-state index in [1.807, 2.05) is 24.3 Å². The molecule has 0 aromatic heterocycles. The van der Waals surface area contributed by atoms with Gasteiger partial charge in [0.15, 0.2) is 0 Å². The molecule has 25 heavy (non-hydrogen) atoms. The van der Waals surface area contributed by atoms with Crippen LogP contribution in [0.25, 0.3) is 0 Å². The SMILES string of the molecule is C=CCC1(O)C2C3C4CC5C3C2(CC=C)C(O)(CC=C)C5C41CC=C. The lowest BCUT2D eigenvalue weighted by Gasteiger charge is -2.68. The smallest absolute Gasteiger partial charge is 0.0784 e. The fourth-order valence-electron chi connectivity index (χ4n) is 9.94. The zero-order valence-electron chi connectivity index (χ0n) is 15.0. The predicted molar refractivity (Wildman–Crippen MR) is 99.6 cm³/mol. The first-order chi connectivity index (χ1) is 12.0. The lowest BCUT2D eigenvalue weighted by Crippen LogP contribution is -2.73. The zero-order chi connectivity index (χ0) is 17.8. The third kappa shape index (κ3) is 1.16. The molecular weight excluding hydrogens is 308 g/mol. The van der Waals surface area contributed by atoms with E-state index in [0.29, 0.717) is 36.5 Å². The minimum absolute atomic E-state index is 0.144. The minimum atomic E-state index is -0.763. The van der Waals surface area contributed by atoms with Crippen molar-refractivity contribution in [1.82, 2.24) is 0 Å². The topological polar surface area (TPSA) is 40.5 Å². The van der Waals surface area contributed by atoms with Gasteiger partial charge < -0.3 is 10.2 Å². The van der Waals surface area contributed by atoms with Crippen molar-refractivity contribution in [3.63, 3.8) is 0 Å². The summed E-state index contributed by atoms with van der Waals surface area (Å²) in [5.74, 6) is 2.47. The molecule has 5 fully saturated rings. The summed E-state index contributed by atoms with van der Waals surface area (Å²) in [5, 5.41) is 24.3. The van der Waals surface area contributed by atoms with Gasteiger partial charge in [0, 0.05) is 22.7 Å². The average molecular weight is 338 g/mol. The normalized spacial score (nSPS) is 61.4. The Labute approximate surface area is 151 Å². The quantitative estimate of drug-likeness (QED) is 0.659. The number of aliphatic hydroxyl groups is 2. The standard InChI is InChI=1S/C23H30O2/c1-5-9-20-15-13-14-17-16(15)19(23(20,25)12-8-4)21(17,10-6-2)22(24,11-7-3)18(14)20/h5-8,14-19,24-25H,1-4,9-13H2. The van der Waals surface area contributed by atoms with Crippen LogP contribution in [0.15, 0.2) is 50.6 Å². The van der Waals surface area contributed by atoms with Crippen LogP contribution in [0.5, 0.6) is 0 Å². The summed E-state index contributed by atoms with van der Waals surface area (Å²) < 4.78 is 0. The zero-order valence-corrected chi connectivity index (χ0v) is 15.0. The Morgan fingerprint density at radius 3 is 1.84 bits per heavy atom. The number of hydrogen-bond donors (Lipinski definition) is 2. The molecule has 2 N–H and O–H groups in total. The molecule has 10 atom stereocenters. The molecule has 0 aromatic carbocycles. The molecule has 2 nitrogen and oxygen atoms in total. The molecule has 0 spiro atoms. The summed E-state index contributed by atoms with van der Waals surface area (Å²) in [6, 6.07) is 0. The Morgan fingerprint density at radius 2 is 1.28 bits per heavy atom. The molecule has 134 valence electrons. The average Bonchev–Trinajstić information content (AvgIpc) is 3.06. The Balaban J connectivity index is 1.80. The van der Waals surface area contributed by atoms with Gasteiger partial charge in [0.25, 0.3) is 0 Å². The molecule has 0 radical (unpaired) electrons. The van der Waals surface area contributed by atoms with Gasteiger partial charge >= 0.3 is 0 Å². The third-order valence-electron chi connectivity index (χ3n) is 9.56. The van der Waals surface area contributed by atoms with Crippen LogP contribution in [0.4, 0.5) is 0 Å². The monoisotopic (exact) mass is 338 g/mol. The Kier molecular flexibility index (Phi) is 2.83. The second-order valence-electron chi connectivity index (χ2n) is 9.46. The van der Waals surface area contributed by atoms with E-state index >= 15 is 0 Å². The minimum Gasteiger partial charge on any atom is -0.389 e. The van der Waals surface area contributed by atoms with Crippen molar-refractivity contribution < 1.29 is 10.2 Å². The highest BCUT2D eigenvalue weighted by molar-refractivity contribution is 5.47. The van der Waals surface area contributed by atoms with Crippen LogP contribution in [0.3, 0.4) is 0 Å². The van der Waals surface area contributed by atoms with Crippen molar-refractivity contribution in [2.24, 2.45) is 46.3 Å². The summed E-state index contributed by atoms with van der Waals surface area (Å²) >= 11 is 0. The van der Waals surface area contributed by atoms with Crippen LogP contribution < -0.4 is 0 Å². The molecule has 2 heteroatoms. The highest BCUT2D eigenvalue weighted by atomic mass is 16.3. The maximum Gasteiger partial charge on any atom is 0.0784 e. The van der Waals surface area contributed by atoms with Crippen LogP contribution in [0.2, 0.25) is 0 Å². The first-order valence-corrected chi connectivity index (χ1v) is 9.84. The second kappa shape index (κ2) is 4.40. The van der Waals surface area contributed by atoms with E-state index in [4.69, 9.17) is 0 Å². The first-order valence-electron chi connectivity index (χ1n) is 9.84. The van der Waals surface area contributed by atoms with Crippen LogP contribution >= 0.6 is 0 Å². The molecule has 0 amide bonds.